The molecule has 5 rings (SSSR count). The Labute approximate surface area is 270 Å². The van der Waals surface area contributed by atoms with Crippen LogP contribution in [-0.2, 0) is 19.6 Å². The van der Waals surface area contributed by atoms with E-state index < -0.39 is 10.0 Å². The van der Waals surface area contributed by atoms with Crippen molar-refractivity contribution in [2.45, 2.75) is 4.90 Å². The van der Waals surface area contributed by atoms with Gasteiger partial charge < -0.3 is 40.1 Å². The first-order valence-corrected chi connectivity index (χ1v) is 16.4. The lowest BCUT2D eigenvalue weighted by Gasteiger charge is -2.35. The molecule has 2 aliphatic heterocycles. The Morgan fingerprint density at radius 1 is 0.978 bits per heavy atom. The van der Waals surface area contributed by atoms with Crippen LogP contribution in [0.5, 0.6) is 5.75 Å². The Hall–Kier alpha value is -4.44. The Bertz CT molecular complexity index is 1670. The molecule has 0 atom stereocenters. The molecule has 0 radical (unpaired) electrons. The summed E-state index contributed by atoms with van der Waals surface area (Å²) < 4.78 is 38.8. The van der Waals surface area contributed by atoms with Crippen molar-refractivity contribution in [1.29, 1.82) is 0 Å². The minimum absolute atomic E-state index is 0.116. The van der Waals surface area contributed by atoms with Crippen molar-refractivity contribution in [1.82, 2.24) is 19.2 Å². The lowest BCUT2D eigenvalue weighted by molar-refractivity contribution is -0.111. The zero-order valence-corrected chi connectivity index (χ0v) is 27.4. The highest BCUT2D eigenvalue weighted by molar-refractivity contribution is 7.89. The van der Waals surface area contributed by atoms with Gasteiger partial charge in [0.15, 0.2) is 5.82 Å². The lowest BCUT2D eigenvalue weighted by atomic mass is 10.1. The van der Waals surface area contributed by atoms with Crippen molar-refractivity contribution in [3.05, 3.63) is 55.3 Å². The predicted molar refractivity (Wildman–Crippen MR) is 180 cm³/mol. The first-order valence-electron chi connectivity index (χ1n) is 14.9. The first-order chi connectivity index (χ1) is 22.1. The van der Waals surface area contributed by atoms with Crippen LogP contribution in [0.25, 0.3) is 0 Å². The highest BCUT2D eigenvalue weighted by atomic mass is 32.2. The summed E-state index contributed by atoms with van der Waals surface area (Å²) in [6.45, 7) is 9.27. The SMILES string of the molecule is C=CC(=O)Nc1cc(Nc2ncc(N3CCOCC3)c(Nc3ccccc3S(=O)(=O)N(C)C)n2)c(OC)cc1N1CCN(C)CC1. The number of nitrogens with zero attached hydrogens (tertiary/aromatic N) is 6. The van der Waals surface area contributed by atoms with Crippen LogP contribution in [0, 0.1) is 0 Å². The molecule has 14 nitrogen and oxygen atoms in total. The molecule has 0 aliphatic carbocycles. The van der Waals surface area contributed by atoms with E-state index in [-0.39, 0.29) is 16.8 Å². The van der Waals surface area contributed by atoms with Crippen LogP contribution in [-0.4, -0.2) is 114 Å². The Kier molecular flexibility index (Phi) is 10.3. The number of likely N-dealkylation sites (N-methyl/N-ethyl adjacent to an activating group) is 1. The van der Waals surface area contributed by atoms with Gasteiger partial charge in [0.2, 0.25) is 21.9 Å². The van der Waals surface area contributed by atoms with E-state index in [4.69, 9.17) is 14.5 Å². The molecule has 3 heterocycles. The molecular weight excluding hydrogens is 610 g/mol. The van der Waals surface area contributed by atoms with Gasteiger partial charge in [0.1, 0.15) is 10.6 Å². The second-order valence-corrected chi connectivity index (χ2v) is 13.2. The summed E-state index contributed by atoms with van der Waals surface area (Å²) >= 11 is 0. The molecule has 0 unspecified atom stereocenters. The third kappa shape index (κ3) is 7.33. The fourth-order valence-electron chi connectivity index (χ4n) is 5.23. The summed E-state index contributed by atoms with van der Waals surface area (Å²) in [6.07, 6.45) is 2.92. The summed E-state index contributed by atoms with van der Waals surface area (Å²) in [4.78, 5) is 28.5. The molecule has 0 spiro atoms. The van der Waals surface area contributed by atoms with Crippen molar-refractivity contribution < 1.29 is 22.7 Å². The van der Waals surface area contributed by atoms with Gasteiger partial charge >= 0.3 is 0 Å². The van der Waals surface area contributed by atoms with E-state index in [9.17, 15) is 13.2 Å². The van der Waals surface area contributed by atoms with E-state index >= 15 is 0 Å². The zero-order valence-electron chi connectivity index (χ0n) is 26.6. The number of carbonyl (C=O) groups excluding carboxylic acids is 1. The van der Waals surface area contributed by atoms with E-state index in [0.29, 0.717) is 60.6 Å². The van der Waals surface area contributed by atoms with E-state index in [1.54, 1.807) is 43.6 Å². The molecule has 246 valence electrons. The van der Waals surface area contributed by atoms with E-state index in [2.05, 4.69) is 49.3 Å². The van der Waals surface area contributed by atoms with Crippen LogP contribution in [0.15, 0.2) is 60.1 Å². The number of methoxy groups -OCH3 is 1. The number of carbonyl (C=O) groups is 1. The van der Waals surface area contributed by atoms with Gasteiger partial charge in [0.25, 0.3) is 0 Å². The molecule has 2 aliphatic rings. The van der Waals surface area contributed by atoms with Crippen molar-refractivity contribution in [2.24, 2.45) is 0 Å². The highest BCUT2D eigenvalue weighted by Gasteiger charge is 2.25. The third-order valence-corrected chi connectivity index (χ3v) is 9.74. The van der Waals surface area contributed by atoms with Gasteiger partial charge in [0, 0.05) is 59.4 Å². The molecule has 0 saturated carbocycles. The summed E-state index contributed by atoms with van der Waals surface area (Å²) in [5, 5.41) is 9.45. The van der Waals surface area contributed by atoms with Crippen molar-refractivity contribution in [2.75, 3.05) is 106 Å². The number of ether oxygens (including phenoxy) is 2. The molecule has 3 aromatic rings. The van der Waals surface area contributed by atoms with Gasteiger partial charge in [-0.1, -0.05) is 18.7 Å². The molecule has 0 bridgehead atoms. The average Bonchev–Trinajstić information content (AvgIpc) is 3.06. The minimum atomic E-state index is -3.75. The number of hydrogen-bond acceptors (Lipinski definition) is 12. The minimum Gasteiger partial charge on any atom is -0.494 e. The van der Waals surface area contributed by atoms with Crippen molar-refractivity contribution in [3.8, 4) is 5.75 Å². The fourth-order valence-corrected chi connectivity index (χ4v) is 6.27. The van der Waals surface area contributed by atoms with Crippen LogP contribution in [0.1, 0.15) is 0 Å². The van der Waals surface area contributed by atoms with E-state index in [1.807, 2.05) is 6.07 Å². The number of aromatic nitrogens is 2. The standard InChI is InChI=1S/C31H41N9O5S/c1-6-29(41)33-23-19-24(27(44-5)20-25(23)39-13-11-38(4)12-14-39)35-31-32-21-26(40-15-17-45-18-16-40)30(36-31)34-22-9-7-8-10-28(22)46(42,43)37(2)3/h6-10,19-21H,1,11-18H2,2-5H3,(H,33,41)(H2,32,34,35,36). The van der Waals surface area contributed by atoms with Gasteiger partial charge in [-0.25, -0.2) is 17.7 Å². The van der Waals surface area contributed by atoms with E-state index in [0.717, 1.165) is 31.9 Å². The van der Waals surface area contributed by atoms with Crippen LogP contribution < -0.4 is 30.5 Å². The maximum Gasteiger partial charge on any atom is 0.247 e. The molecule has 15 heteroatoms. The molecule has 1 aromatic heterocycles. The highest BCUT2D eigenvalue weighted by Crippen LogP contribution is 2.39. The van der Waals surface area contributed by atoms with Crippen molar-refractivity contribution >= 4 is 56.1 Å². The molecule has 1 amide bonds. The number of para-hydroxylation sites is 1. The Balaban J connectivity index is 1.54. The molecule has 2 saturated heterocycles. The number of hydrogen-bond donors (Lipinski definition) is 3. The maximum atomic E-state index is 13.2. The number of benzene rings is 2. The molecule has 3 N–H and O–H groups in total. The molecule has 2 aromatic carbocycles. The lowest BCUT2D eigenvalue weighted by Crippen LogP contribution is -2.44. The quantitative estimate of drug-likeness (QED) is 0.262. The second kappa shape index (κ2) is 14.3. The summed E-state index contributed by atoms with van der Waals surface area (Å²) in [5.74, 6) is 0.840. The topological polar surface area (TPSA) is 144 Å². The summed E-state index contributed by atoms with van der Waals surface area (Å²) in [6, 6.07) is 10.4. The fraction of sp³-hybridized carbons (Fsp3) is 0.387. The number of anilines is 7. The van der Waals surface area contributed by atoms with Gasteiger partial charge in [-0.2, -0.15) is 4.98 Å². The first kappa shape index (κ1) is 32.9. The van der Waals surface area contributed by atoms with Crippen LogP contribution in [0.3, 0.4) is 0 Å². The second-order valence-electron chi connectivity index (χ2n) is 11.1. The number of rotatable bonds is 11. The van der Waals surface area contributed by atoms with Crippen LogP contribution >= 0.6 is 0 Å². The van der Waals surface area contributed by atoms with Gasteiger partial charge in [-0.15, -0.1) is 0 Å². The molecule has 46 heavy (non-hydrogen) atoms. The molecule has 2 fully saturated rings. The Morgan fingerprint density at radius 3 is 2.35 bits per heavy atom. The summed E-state index contributed by atoms with van der Waals surface area (Å²) in [5.41, 5.74) is 3.01. The number of morpholine rings is 1. The summed E-state index contributed by atoms with van der Waals surface area (Å²) in [7, 11) is 2.89. The number of amides is 1. The smallest absolute Gasteiger partial charge is 0.247 e. The zero-order chi connectivity index (χ0) is 32.8. The van der Waals surface area contributed by atoms with E-state index in [1.165, 1.54) is 24.5 Å². The predicted octanol–water partition coefficient (Wildman–Crippen LogP) is 2.94. The number of sulfonamides is 1. The number of piperazine rings is 1. The molecular formula is C31H41N9O5S. The van der Waals surface area contributed by atoms with Crippen molar-refractivity contribution in [3.63, 3.8) is 0 Å². The normalized spacial score (nSPS) is 15.8. The number of nitrogens with one attached hydrogen (secondary N) is 3. The van der Waals surface area contributed by atoms with Gasteiger partial charge in [0.05, 0.1) is 55.0 Å². The monoisotopic (exact) mass is 651 g/mol. The largest absolute Gasteiger partial charge is 0.494 e. The Morgan fingerprint density at radius 2 is 1.67 bits per heavy atom. The average molecular weight is 652 g/mol. The maximum absolute atomic E-state index is 13.2. The third-order valence-electron chi connectivity index (χ3n) is 7.87. The van der Waals surface area contributed by atoms with Crippen LogP contribution in [0.4, 0.5) is 40.2 Å². The van der Waals surface area contributed by atoms with Gasteiger partial charge in [-0.05, 0) is 31.3 Å². The van der Waals surface area contributed by atoms with Gasteiger partial charge in [-0.3, -0.25) is 4.79 Å². The van der Waals surface area contributed by atoms with Crippen LogP contribution in [0.2, 0.25) is 0 Å².